The van der Waals surface area contributed by atoms with Crippen LogP contribution in [0.5, 0.6) is 0 Å². The maximum absolute atomic E-state index is 12.5. The molecule has 4 nitrogen and oxygen atoms in total. The molecule has 0 saturated carbocycles. The van der Waals surface area contributed by atoms with Crippen LogP contribution in [0.1, 0.15) is 17.7 Å². The number of aromatic nitrogens is 2. The highest BCUT2D eigenvalue weighted by Crippen LogP contribution is 2.23. The van der Waals surface area contributed by atoms with Crippen LogP contribution in [0.15, 0.2) is 55.0 Å². The summed E-state index contributed by atoms with van der Waals surface area (Å²) < 4.78 is 2.14. The highest BCUT2D eigenvalue weighted by atomic mass is 35.5. The third-order valence-corrected chi connectivity index (χ3v) is 5.21. The molecule has 25 heavy (non-hydrogen) atoms. The van der Waals surface area contributed by atoms with Gasteiger partial charge in [0, 0.05) is 25.0 Å². The fourth-order valence-corrected chi connectivity index (χ4v) is 3.79. The average molecular weight is 354 g/mol. The minimum atomic E-state index is -0.0107. The number of benzene rings is 2. The van der Waals surface area contributed by atoms with Crippen molar-refractivity contribution < 1.29 is 4.79 Å². The Morgan fingerprint density at radius 1 is 1.24 bits per heavy atom. The third kappa shape index (κ3) is 3.27. The van der Waals surface area contributed by atoms with Crippen LogP contribution >= 0.6 is 11.6 Å². The van der Waals surface area contributed by atoms with Crippen molar-refractivity contribution in [2.24, 2.45) is 0 Å². The van der Waals surface area contributed by atoms with E-state index < -0.39 is 0 Å². The van der Waals surface area contributed by atoms with Gasteiger partial charge in [-0.05, 0) is 35.2 Å². The molecule has 2 heterocycles. The highest BCUT2D eigenvalue weighted by molar-refractivity contribution is 6.27. The molecule has 1 aliphatic heterocycles. The molecule has 1 aliphatic rings. The van der Waals surface area contributed by atoms with E-state index >= 15 is 0 Å². The van der Waals surface area contributed by atoms with Gasteiger partial charge >= 0.3 is 0 Å². The largest absolute Gasteiger partial charge is 0.333 e. The molecule has 0 radical (unpaired) electrons. The van der Waals surface area contributed by atoms with E-state index in [1.165, 1.54) is 16.5 Å². The van der Waals surface area contributed by atoms with Gasteiger partial charge in [0.2, 0.25) is 5.91 Å². The smallest absolute Gasteiger partial charge is 0.238 e. The van der Waals surface area contributed by atoms with E-state index in [1.54, 1.807) is 0 Å². The SMILES string of the molecule is O=C(CCl)N(Cc1ccc2ccccc2c1)C1CCc2cncn2C1. The molecular weight excluding hydrogens is 334 g/mol. The molecule has 1 unspecified atom stereocenters. The van der Waals surface area contributed by atoms with E-state index in [2.05, 4.69) is 39.9 Å². The number of aryl methyl sites for hydroxylation is 1. The summed E-state index contributed by atoms with van der Waals surface area (Å²) >= 11 is 5.90. The van der Waals surface area contributed by atoms with Crippen molar-refractivity contribution in [3.05, 3.63) is 66.2 Å². The molecule has 0 saturated heterocycles. The van der Waals surface area contributed by atoms with Crippen LogP contribution in [-0.2, 0) is 24.3 Å². The van der Waals surface area contributed by atoms with Gasteiger partial charge in [-0.15, -0.1) is 11.6 Å². The highest BCUT2D eigenvalue weighted by Gasteiger charge is 2.27. The Labute approximate surface area is 152 Å². The summed E-state index contributed by atoms with van der Waals surface area (Å²) in [7, 11) is 0. The van der Waals surface area contributed by atoms with Crippen molar-refractivity contribution in [1.82, 2.24) is 14.5 Å². The minimum absolute atomic E-state index is 0.0107. The number of carbonyl (C=O) groups is 1. The number of fused-ring (bicyclic) bond motifs is 2. The van der Waals surface area contributed by atoms with E-state index in [9.17, 15) is 4.79 Å². The molecule has 0 aliphatic carbocycles. The third-order valence-electron chi connectivity index (χ3n) is 4.98. The Kier molecular flexibility index (Phi) is 4.45. The van der Waals surface area contributed by atoms with Gasteiger partial charge in [-0.1, -0.05) is 36.4 Å². The zero-order valence-electron chi connectivity index (χ0n) is 13.9. The molecule has 4 rings (SSSR count). The lowest BCUT2D eigenvalue weighted by atomic mass is 10.0. The van der Waals surface area contributed by atoms with Gasteiger partial charge in [-0.3, -0.25) is 4.79 Å². The van der Waals surface area contributed by atoms with Gasteiger partial charge < -0.3 is 9.47 Å². The summed E-state index contributed by atoms with van der Waals surface area (Å²) in [6.45, 7) is 1.37. The molecule has 3 aromatic rings. The van der Waals surface area contributed by atoms with E-state index in [0.717, 1.165) is 24.9 Å². The minimum Gasteiger partial charge on any atom is -0.333 e. The molecule has 1 amide bonds. The first-order valence-electron chi connectivity index (χ1n) is 8.57. The molecular formula is C20H20ClN3O. The Morgan fingerprint density at radius 3 is 2.92 bits per heavy atom. The van der Waals surface area contributed by atoms with Crippen LogP contribution in [0.4, 0.5) is 0 Å². The number of imidazole rings is 1. The van der Waals surface area contributed by atoms with E-state index in [-0.39, 0.29) is 17.8 Å². The lowest BCUT2D eigenvalue weighted by Crippen LogP contribution is -2.45. The molecule has 5 heteroatoms. The number of rotatable bonds is 4. The number of carbonyl (C=O) groups excluding carboxylic acids is 1. The van der Waals surface area contributed by atoms with Crippen molar-refractivity contribution in [1.29, 1.82) is 0 Å². The second-order valence-electron chi connectivity index (χ2n) is 6.57. The monoisotopic (exact) mass is 353 g/mol. The Hall–Kier alpha value is -2.33. The Bertz CT molecular complexity index is 905. The Morgan fingerprint density at radius 2 is 2.08 bits per heavy atom. The van der Waals surface area contributed by atoms with Crippen molar-refractivity contribution >= 4 is 28.3 Å². The zero-order valence-corrected chi connectivity index (χ0v) is 14.7. The van der Waals surface area contributed by atoms with Crippen LogP contribution in [0, 0.1) is 0 Å². The second-order valence-corrected chi connectivity index (χ2v) is 6.83. The number of hydrogen-bond donors (Lipinski definition) is 0. The number of hydrogen-bond acceptors (Lipinski definition) is 2. The van der Waals surface area contributed by atoms with Crippen LogP contribution < -0.4 is 0 Å². The molecule has 0 fully saturated rings. The van der Waals surface area contributed by atoms with Gasteiger partial charge in [0.05, 0.1) is 12.4 Å². The van der Waals surface area contributed by atoms with Gasteiger partial charge in [0.15, 0.2) is 0 Å². The maximum atomic E-state index is 12.5. The number of halogens is 1. The van der Waals surface area contributed by atoms with Gasteiger partial charge in [-0.2, -0.15) is 0 Å². The van der Waals surface area contributed by atoms with E-state index in [0.29, 0.717) is 6.54 Å². The van der Waals surface area contributed by atoms with Gasteiger partial charge in [0.1, 0.15) is 5.88 Å². The average Bonchev–Trinajstić information content (AvgIpc) is 3.13. The van der Waals surface area contributed by atoms with Crippen LogP contribution in [0.2, 0.25) is 0 Å². The van der Waals surface area contributed by atoms with Crippen molar-refractivity contribution in [3.8, 4) is 0 Å². The Balaban J connectivity index is 1.59. The normalized spacial score (nSPS) is 16.6. The first-order valence-corrected chi connectivity index (χ1v) is 9.10. The summed E-state index contributed by atoms with van der Waals surface area (Å²) in [5.74, 6) is 0.00400. The zero-order chi connectivity index (χ0) is 17.2. The van der Waals surface area contributed by atoms with Crippen LogP contribution in [-0.4, -0.2) is 32.3 Å². The number of alkyl halides is 1. The molecule has 128 valence electrons. The molecule has 1 aromatic heterocycles. The topological polar surface area (TPSA) is 38.1 Å². The fraction of sp³-hybridized carbons (Fsp3) is 0.300. The van der Waals surface area contributed by atoms with Crippen LogP contribution in [0.3, 0.4) is 0 Å². The van der Waals surface area contributed by atoms with Crippen molar-refractivity contribution in [2.75, 3.05) is 5.88 Å². The summed E-state index contributed by atoms with van der Waals surface area (Å²) in [5.41, 5.74) is 2.37. The molecule has 0 N–H and O–H groups in total. The van der Waals surface area contributed by atoms with Crippen LogP contribution in [0.25, 0.3) is 10.8 Å². The number of nitrogens with zero attached hydrogens (tertiary/aromatic N) is 3. The summed E-state index contributed by atoms with van der Waals surface area (Å²) in [6, 6.07) is 14.8. The van der Waals surface area contributed by atoms with Gasteiger partial charge in [0.25, 0.3) is 0 Å². The fourth-order valence-electron chi connectivity index (χ4n) is 3.64. The lowest BCUT2D eigenvalue weighted by Gasteiger charge is -2.35. The second kappa shape index (κ2) is 6.89. The van der Waals surface area contributed by atoms with Gasteiger partial charge in [-0.25, -0.2) is 4.98 Å². The van der Waals surface area contributed by atoms with E-state index in [1.807, 2.05) is 29.6 Å². The quantitative estimate of drug-likeness (QED) is 0.672. The van der Waals surface area contributed by atoms with Crippen molar-refractivity contribution in [3.63, 3.8) is 0 Å². The summed E-state index contributed by atoms with van der Waals surface area (Å²) in [6.07, 6.45) is 5.64. The first kappa shape index (κ1) is 16.2. The van der Waals surface area contributed by atoms with Crippen molar-refractivity contribution in [2.45, 2.75) is 32.0 Å². The summed E-state index contributed by atoms with van der Waals surface area (Å²) in [4.78, 5) is 18.6. The van der Waals surface area contributed by atoms with E-state index in [4.69, 9.17) is 11.6 Å². The number of amides is 1. The molecule has 2 aromatic carbocycles. The standard InChI is InChI=1S/C20H20ClN3O/c21-10-20(25)24(19-8-7-18-11-22-14-23(18)13-19)12-15-5-6-16-3-1-2-4-17(16)9-15/h1-6,9,11,14,19H,7-8,10,12-13H2. The molecule has 0 spiro atoms. The maximum Gasteiger partial charge on any atom is 0.238 e. The predicted molar refractivity (Wildman–Crippen MR) is 99.6 cm³/mol. The summed E-state index contributed by atoms with van der Waals surface area (Å²) in [5, 5.41) is 2.40. The molecule has 1 atom stereocenters. The first-order chi connectivity index (χ1) is 12.2. The predicted octanol–water partition coefficient (Wildman–Crippen LogP) is 3.62. The lowest BCUT2D eigenvalue weighted by molar-refractivity contribution is -0.132. The molecule has 0 bridgehead atoms.